The summed E-state index contributed by atoms with van der Waals surface area (Å²) >= 11 is 0. The van der Waals surface area contributed by atoms with Crippen molar-refractivity contribution in [3.05, 3.63) is 83.9 Å². The third-order valence-corrected chi connectivity index (χ3v) is 5.40. The summed E-state index contributed by atoms with van der Waals surface area (Å²) in [5.74, 6) is 0. The smallest absolute Gasteiger partial charge is 0.00668 e. The number of fused-ring (bicyclic) bond motifs is 5. The minimum absolute atomic E-state index is 1.31. The Morgan fingerprint density at radius 2 is 1.08 bits per heavy atom. The van der Waals surface area contributed by atoms with Crippen LogP contribution in [-0.4, -0.2) is 0 Å². The molecule has 0 spiro atoms. The second-order valence-corrected chi connectivity index (χ2v) is 6.70. The number of hydrogen-bond donors (Lipinski definition) is 0. The molecule has 5 rings (SSSR count). The molecule has 0 unspecified atom stereocenters. The molecule has 24 heavy (non-hydrogen) atoms. The predicted molar refractivity (Wildman–Crippen MR) is 106 cm³/mol. The van der Waals surface area contributed by atoms with E-state index in [0.717, 1.165) is 0 Å². The quantitative estimate of drug-likeness (QED) is 0.215. The lowest BCUT2D eigenvalue weighted by atomic mass is 9.89. The highest BCUT2D eigenvalue weighted by Crippen LogP contribution is 2.37. The molecule has 0 aliphatic carbocycles. The molecule has 0 saturated carbocycles. The number of rotatable bonds is 0. The van der Waals surface area contributed by atoms with Crippen LogP contribution in [0.4, 0.5) is 0 Å². The summed E-state index contributed by atoms with van der Waals surface area (Å²) in [4.78, 5) is 0. The fraction of sp³-hybridized carbons (Fsp3) is 0.0833. The van der Waals surface area contributed by atoms with Gasteiger partial charge in [0.1, 0.15) is 0 Å². The van der Waals surface area contributed by atoms with Gasteiger partial charge in [-0.25, -0.2) is 0 Å². The molecule has 0 amide bonds. The van der Waals surface area contributed by atoms with Crippen LogP contribution in [0.1, 0.15) is 11.1 Å². The molecule has 0 radical (unpaired) electrons. The van der Waals surface area contributed by atoms with E-state index in [-0.39, 0.29) is 0 Å². The van der Waals surface area contributed by atoms with Gasteiger partial charge in [0.05, 0.1) is 0 Å². The molecule has 5 aromatic rings. The monoisotopic (exact) mass is 306 g/mol. The van der Waals surface area contributed by atoms with Gasteiger partial charge in [-0.05, 0) is 80.2 Å². The number of benzene rings is 5. The van der Waals surface area contributed by atoms with Crippen molar-refractivity contribution in [2.45, 2.75) is 13.8 Å². The molecular weight excluding hydrogens is 288 g/mol. The van der Waals surface area contributed by atoms with Crippen molar-refractivity contribution in [2.75, 3.05) is 0 Å². The Morgan fingerprint density at radius 1 is 0.458 bits per heavy atom. The molecule has 0 aliphatic heterocycles. The highest BCUT2D eigenvalue weighted by Gasteiger charge is 2.11. The summed E-state index contributed by atoms with van der Waals surface area (Å²) in [7, 11) is 0. The second kappa shape index (κ2) is 4.82. The average Bonchev–Trinajstić information content (AvgIpc) is 2.63. The van der Waals surface area contributed by atoms with Gasteiger partial charge < -0.3 is 0 Å². The topological polar surface area (TPSA) is 0 Å². The van der Waals surface area contributed by atoms with E-state index in [1.165, 1.54) is 54.2 Å². The maximum absolute atomic E-state index is 2.36. The van der Waals surface area contributed by atoms with Crippen LogP contribution in [0.3, 0.4) is 0 Å². The van der Waals surface area contributed by atoms with Crippen molar-refractivity contribution in [3.8, 4) is 0 Å². The third kappa shape index (κ3) is 1.74. The maximum Gasteiger partial charge on any atom is -0.00668 e. The second-order valence-electron chi connectivity index (χ2n) is 6.70. The standard InChI is InChI=1S/C24H18/c1-15-20-9-5-6-10-21(20)16(2)24-22(15)12-11-19-13-17-7-3-4-8-18(17)14-23(19)24/h3-14H,1-2H3. The molecule has 0 N–H and O–H groups in total. The first-order chi connectivity index (χ1) is 11.7. The fourth-order valence-electron chi connectivity index (χ4n) is 4.15. The molecule has 5 aromatic carbocycles. The molecule has 0 aliphatic rings. The first-order valence-electron chi connectivity index (χ1n) is 8.47. The minimum Gasteiger partial charge on any atom is -0.0616 e. The average molecular weight is 306 g/mol. The molecule has 114 valence electrons. The van der Waals surface area contributed by atoms with E-state index in [1.807, 2.05) is 0 Å². The lowest BCUT2D eigenvalue weighted by Crippen LogP contribution is -1.89. The van der Waals surface area contributed by atoms with E-state index in [1.54, 1.807) is 0 Å². The van der Waals surface area contributed by atoms with Gasteiger partial charge in [0.25, 0.3) is 0 Å². The Balaban J connectivity index is 2.09. The molecule has 0 saturated heterocycles. The van der Waals surface area contributed by atoms with Crippen molar-refractivity contribution < 1.29 is 0 Å². The van der Waals surface area contributed by atoms with Crippen molar-refractivity contribution in [1.29, 1.82) is 0 Å². The summed E-state index contributed by atoms with van der Waals surface area (Å²) < 4.78 is 0. The molecule has 0 heterocycles. The van der Waals surface area contributed by atoms with E-state index in [4.69, 9.17) is 0 Å². The fourth-order valence-corrected chi connectivity index (χ4v) is 4.15. The Kier molecular flexibility index (Phi) is 2.72. The van der Waals surface area contributed by atoms with E-state index in [9.17, 15) is 0 Å². The van der Waals surface area contributed by atoms with E-state index in [2.05, 4.69) is 86.6 Å². The summed E-state index contributed by atoms with van der Waals surface area (Å²) in [6.45, 7) is 4.51. The Morgan fingerprint density at radius 3 is 1.83 bits per heavy atom. The van der Waals surface area contributed by atoms with Crippen LogP contribution in [-0.2, 0) is 0 Å². The number of hydrogen-bond acceptors (Lipinski definition) is 0. The van der Waals surface area contributed by atoms with Crippen molar-refractivity contribution in [1.82, 2.24) is 0 Å². The van der Waals surface area contributed by atoms with Crippen molar-refractivity contribution >= 4 is 43.1 Å². The molecule has 0 nitrogen and oxygen atoms in total. The van der Waals surface area contributed by atoms with Gasteiger partial charge in [0.2, 0.25) is 0 Å². The minimum atomic E-state index is 1.31. The van der Waals surface area contributed by atoms with Crippen LogP contribution >= 0.6 is 0 Å². The molecule has 0 atom stereocenters. The molecule has 0 heteroatoms. The van der Waals surface area contributed by atoms with Crippen LogP contribution < -0.4 is 0 Å². The number of aryl methyl sites for hydroxylation is 2. The van der Waals surface area contributed by atoms with Crippen LogP contribution in [0.25, 0.3) is 43.1 Å². The van der Waals surface area contributed by atoms with E-state index < -0.39 is 0 Å². The zero-order valence-corrected chi connectivity index (χ0v) is 13.9. The summed E-state index contributed by atoms with van der Waals surface area (Å²) in [6, 6.07) is 26.6. The van der Waals surface area contributed by atoms with Crippen LogP contribution in [0.15, 0.2) is 72.8 Å². The normalized spacial score (nSPS) is 11.8. The summed E-state index contributed by atoms with van der Waals surface area (Å²) in [6.07, 6.45) is 0. The van der Waals surface area contributed by atoms with Crippen molar-refractivity contribution in [2.24, 2.45) is 0 Å². The van der Waals surface area contributed by atoms with E-state index in [0.29, 0.717) is 0 Å². The van der Waals surface area contributed by atoms with Crippen LogP contribution in [0.2, 0.25) is 0 Å². The maximum atomic E-state index is 2.36. The Bertz CT molecular complexity index is 1260. The third-order valence-electron chi connectivity index (χ3n) is 5.40. The van der Waals surface area contributed by atoms with Gasteiger partial charge >= 0.3 is 0 Å². The summed E-state index contributed by atoms with van der Waals surface area (Å²) in [5.41, 5.74) is 2.76. The predicted octanol–water partition coefficient (Wildman–Crippen LogP) is 6.92. The van der Waals surface area contributed by atoms with Gasteiger partial charge in [-0.2, -0.15) is 0 Å². The molecule has 0 aromatic heterocycles. The highest BCUT2D eigenvalue weighted by molar-refractivity contribution is 6.18. The van der Waals surface area contributed by atoms with Crippen LogP contribution in [0.5, 0.6) is 0 Å². The van der Waals surface area contributed by atoms with Crippen molar-refractivity contribution in [3.63, 3.8) is 0 Å². The largest absolute Gasteiger partial charge is 0.0616 e. The van der Waals surface area contributed by atoms with Gasteiger partial charge in [-0.3, -0.25) is 0 Å². The Hall–Kier alpha value is -2.86. The van der Waals surface area contributed by atoms with Gasteiger partial charge in [-0.15, -0.1) is 0 Å². The SMILES string of the molecule is Cc1c2ccccc2c(C)c2c1ccc1cc3ccccc3cc12. The lowest BCUT2D eigenvalue weighted by Gasteiger charge is -2.15. The van der Waals surface area contributed by atoms with Gasteiger partial charge in [-0.1, -0.05) is 60.7 Å². The zero-order chi connectivity index (χ0) is 16.3. The van der Waals surface area contributed by atoms with E-state index >= 15 is 0 Å². The molecule has 0 fully saturated rings. The van der Waals surface area contributed by atoms with Crippen LogP contribution in [0, 0.1) is 13.8 Å². The van der Waals surface area contributed by atoms with Gasteiger partial charge in [0.15, 0.2) is 0 Å². The molecule has 0 bridgehead atoms. The molecular formula is C24H18. The highest BCUT2D eigenvalue weighted by atomic mass is 14.1. The summed E-state index contributed by atoms with van der Waals surface area (Å²) in [5, 5.41) is 10.8. The zero-order valence-electron chi connectivity index (χ0n) is 13.9. The van der Waals surface area contributed by atoms with Gasteiger partial charge in [0, 0.05) is 0 Å². The Labute approximate surface area is 141 Å². The lowest BCUT2D eigenvalue weighted by molar-refractivity contribution is 1.53. The first kappa shape index (κ1) is 13.6. The first-order valence-corrected chi connectivity index (χ1v) is 8.47.